The maximum atomic E-state index is 12.6. The van der Waals surface area contributed by atoms with Gasteiger partial charge in [-0.1, -0.05) is 20.8 Å². The van der Waals surface area contributed by atoms with Crippen LogP contribution in [-0.4, -0.2) is 40.4 Å². The Morgan fingerprint density at radius 2 is 1.79 bits per heavy atom. The third kappa shape index (κ3) is 3.87. The van der Waals surface area contributed by atoms with E-state index in [4.69, 9.17) is 4.98 Å². The molecule has 24 heavy (non-hydrogen) atoms. The molecule has 1 saturated heterocycles. The minimum Gasteiger partial charge on any atom is -0.356 e. The topological polar surface area (TPSA) is 49.3 Å². The second-order valence-corrected chi connectivity index (χ2v) is 8.37. The highest BCUT2D eigenvalue weighted by molar-refractivity contribution is 5.77. The second-order valence-electron chi connectivity index (χ2n) is 8.37. The molecular formula is C19H30N4O. The first-order chi connectivity index (χ1) is 11.3. The summed E-state index contributed by atoms with van der Waals surface area (Å²) in [6, 6.07) is 0. The number of carbonyl (C=O) groups excluding carboxylic acids is 1. The number of amides is 1. The van der Waals surface area contributed by atoms with E-state index in [2.05, 4.69) is 30.7 Å². The van der Waals surface area contributed by atoms with Gasteiger partial charge in [0.2, 0.25) is 5.91 Å². The lowest BCUT2D eigenvalue weighted by atomic mass is 9.91. The van der Waals surface area contributed by atoms with E-state index < -0.39 is 0 Å². The highest BCUT2D eigenvalue weighted by atomic mass is 16.2. The summed E-state index contributed by atoms with van der Waals surface area (Å²) in [5, 5.41) is 0. The fraction of sp³-hybridized carbons (Fsp3) is 0.737. The first kappa shape index (κ1) is 17.2. The summed E-state index contributed by atoms with van der Waals surface area (Å²) in [5.41, 5.74) is 2.34. The summed E-state index contributed by atoms with van der Waals surface area (Å²) in [7, 11) is 0. The van der Waals surface area contributed by atoms with Gasteiger partial charge in [-0.15, -0.1) is 0 Å². The van der Waals surface area contributed by atoms with Crippen LogP contribution >= 0.6 is 0 Å². The minimum atomic E-state index is 0.0246. The summed E-state index contributed by atoms with van der Waals surface area (Å²) in [6.07, 6.45) is 5.19. The van der Waals surface area contributed by atoms with E-state index in [1.807, 2.05) is 11.8 Å². The van der Waals surface area contributed by atoms with Crippen LogP contribution in [0.4, 0.5) is 5.82 Å². The fourth-order valence-electron chi connectivity index (χ4n) is 3.66. The highest BCUT2D eigenvalue weighted by Crippen LogP contribution is 2.30. The lowest BCUT2D eigenvalue weighted by Gasteiger charge is -2.35. The number of anilines is 1. The molecule has 0 N–H and O–H groups in total. The van der Waals surface area contributed by atoms with Gasteiger partial charge in [-0.2, -0.15) is 0 Å². The van der Waals surface area contributed by atoms with Crippen molar-refractivity contribution in [1.29, 1.82) is 0 Å². The molecule has 3 rings (SSSR count). The van der Waals surface area contributed by atoms with E-state index in [9.17, 15) is 4.79 Å². The number of hydrogen-bond donors (Lipinski definition) is 0. The molecule has 2 aliphatic rings. The maximum Gasteiger partial charge on any atom is 0.223 e. The third-order valence-corrected chi connectivity index (χ3v) is 4.84. The first-order valence-corrected chi connectivity index (χ1v) is 9.22. The molecule has 1 fully saturated rings. The van der Waals surface area contributed by atoms with Gasteiger partial charge in [0.05, 0.1) is 12.2 Å². The van der Waals surface area contributed by atoms with Crippen LogP contribution in [0.25, 0.3) is 0 Å². The van der Waals surface area contributed by atoms with Crippen LogP contribution in [0, 0.1) is 12.3 Å². The van der Waals surface area contributed by atoms with E-state index in [1.165, 1.54) is 24.8 Å². The smallest absolute Gasteiger partial charge is 0.223 e. The van der Waals surface area contributed by atoms with Crippen molar-refractivity contribution in [1.82, 2.24) is 14.9 Å². The Balaban J connectivity index is 1.85. The standard InChI is InChI=1S/C19H30N4O/c1-14-20-16-8-11-23(17(24)12-19(2,3)4)13-15(16)18(21-14)22-9-6-5-7-10-22/h5-13H2,1-4H3. The van der Waals surface area contributed by atoms with Gasteiger partial charge in [0.25, 0.3) is 0 Å². The minimum absolute atomic E-state index is 0.0246. The van der Waals surface area contributed by atoms with Crippen molar-refractivity contribution in [2.75, 3.05) is 24.5 Å². The van der Waals surface area contributed by atoms with Crippen LogP contribution in [0.5, 0.6) is 0 Å². The predicted molar refractivity (Wildman–Crippen MR) is 96.0 cm³/mol. The number of piperidine rings is 1. The van der Waals surface area contributed by atoms with E-state index in [0.717, 1.165) is 43.4 Å². The van der Waals surface area contributed by atoms with E-state index in [-0.39, 0.29) is 11.3 Å². The van der Waals surface area contributed by atoms with Crippen molar-refractivity contribution >= 4 is 11.7 Å². The summed E-state index contributed by atoms with van der Waals surface area (Å²) < 4.78 is 0. The molecule has 3 heterocycles. The van der Waals surface area contributed by atoms with Gasteiger partial charge in [0.1, 0.15) is 11.6 Å². The lowest BCUT2D eigenvalue weighted by Crippen LogP contribution is -2.40. The van der Waals surface area contributed by atoms with Gasteiger partial charge in [-0.25, -0.2) is 9.97 Å². The lowest BCUT2D eigenvalue weighted by molar-refractivity contribution is -0.134. The van der Waals surface area contributed by atoms with Crippen LogP contribution in [0.2, 0.25) is 0 Å². The summed E-state index contributed by atoms with van der Waals surface area (Å²) in [4.78, 5) is 26.5. The number of aryl methyl sites for hydroxylation is 1. The Morgan fingerprint density at radius 3 is 2.46 bits per heavy atom. The number of carbonyl (C=O) groups is 1. The molecule has 132 valence electrons. The molecule has 1 aromatic rings. The van der Waals surface area contributed by atoms with E-state index in [0.29, 0.717) is 13.0 Å². The molecule has 0 saturated carbocycles. The van der Waals surface area contributed by atoms with Gasteiger partial charge in [0.15, 0.2) is 0 Å². The van der Waals surface area contributed by atoms with Crippen LogP contribution in [0.3, 0.4) is 0 Å². The second kappa shape index (κ2) is 6.69. The number of fused-ring (bicyclic) bond motifs is 1. The largest absolute Gasteiger partial charge is 0.356 e. The van der Waals surface area contributed by atoms with Crippen molar-refractivity contribution in [2.24, 2.45) is 5.41 Å². The Morgan fingerprint density at radius 1 is 1.08 bits per heavy atom. The number of aromatic nitrogens is 2. The van der Waals surface area contributed by atoms with Crippen LogP contribution in [-0.2, 0) is 17.8 Å². The Kier molecular flexibility index (Phi) is 4.79. The van der Waals surface area contributed by atoms with E-state index >= 15 is 0 Å². The zero-order valence-corrected chi connectivity index (χ0v) is 15.6. The van der Waals surface area contributed by atoms with Crippen molar-refractivity contribution in [3.63, 3.8) is 0 Å². The average molecular weight is 330 g/mol. The normalized spacial score (nSPS) is 18.5. The van der Waals surface area contributed by atoms with Crippen molar-refractivity contribution in [3.8, 4) is 0 Å². The molecule has 1 aromatic heterocycles. The SMILES string of the molecule is Cc1nc2c(c(N3CCCCC3)n1)CN(C(=O)CC(C)(C)C)CC2. The van der Waals surface area contributed by atoms with Gasteiger partial charge in [-0.05, 0) is 31.6 Å². The Hall–Kier alpha value is -1.65. The van der Waals surface area contributed by atoms with Crippen LogP contribution in [0.15, 0.2) is 0 Å². The van der Waals surface area contributed by atoms with Crippen LogP contribution < -0.4 is 4.90 Å². The van der Waals surface area contributed by atoms with E-state index in [1.54, 1.807) is 0 Å². The van der Waals surface area contributed by atoms with Gasteiger partial charge in [-0.3, -0.25) is 4.79 Å². The quantitative estimate of drug-likeness (QED) is 0.836. The summed E-state index contributed by atoms with van der Waals surface area (Å²) in [5.74, 6) is 2.17. The zero-order chi connectivity index (χ0) is 17.3. The molecule has 0 radical (unpaired) electrons. The van der Waals surface area contributed by atoms with Crippen molar-refractivity contribution in [3.05, 3.63) is 17.1 Å². The predicted octanol–water partition coefficient (Wildman–Crippen LogP) is 3.10. The van der Waals surface area contributed by atoms with Gasteiger partial charge < -0.3 is 9.80 Å². The van der Waals surface area contributed by atoms with Crippen molar-refractivity contribution < 1.29 is 4.79 Å². The molecule has 0 unspecified atom stereocenters. The molecule has 0 bridgehead atoms. The van der Waals surface area contributed by atoms with Crippen molar-refractivity contribution in [2.45, 2.75) is 66.3 Å². The van der Waals surface area contributed by atoms with Gasteiger partial charge >= 0.3 is 0 Å². The first-order valence-electron chi connectivity index (χ1n) is 9.22. The highest BCUT2D eigenvalue weighted by Gasteiger charge is 2.29. The molecule has 0 atom stereocenters. The maximum absolute atomic E-state index is 12.6. The van der Waals surface area contributed by atoms with Crippen LogP contribution in [0.1, 0.15) is 63.5 Å². The number of hydrogen-bond acceptors (Lipinski definition) is 4. The molecule has 5 nitrogen and oxygen atoms in total. The zero-order valence-electron chi connectivity index (χ0n) is 15.6. The van der Waals surface area contributed by atoms with Gasteiger partial charge in [0, 0.05) is 38.0 Å². The average Bonchev–Trinajstić information content (AvgIpc) is 2.53. The molecule has 2 aliphatic heterocycles. The summed E-state index contributed by atoms with van der Waals surface area (Å²) in [6.45, 7) is 11.9. The molecule has 0 aromatic carbocycles. The number of nitrogens with zero attached hydrogens (tertiary/aromatic N) is 4. The summed E-state index contributed by atoms with van der Waals surface area (Å²) >= 11 is 0. The Bertz CT molecular complexity index is 615. The molecule has 0 spiro atoms. The Labute approximate surface area is 145 Å². The number of rotatable bonds is 2. The fourth-order valence-corrected chi connectivity index (χ4v) is 3.66. The monoisotopic (exact) mass is 330 g/mol. The third-order valence-electron chi connectivity index (χ3n) is 4.84. The molecule has 5 heteroatoms. The molecule has 1 amide bonds. The molecule has 0 aliphatic carbocycles. The molecular weight excluding hydrogens is 300 g/mol.